The Morgan fingerprint density at radius 1 is 1.27 bits per heavy atom. The summed E-state index contributed by atoms with van der Waals surface area (Å²) in [7, 11) is 0. The minimum atomic E-state index is 0.0169. The van der Waals surface area contributed by atoms with Gasteiger partial charge < -0.3 is 10.2 Å². The van der Waals surface area contributed by atoms with Crippen LogP contribution in [0.3, 0.4) is 0 Å². The molecular formula is C21H31N7O2. The molecule has 1 aliphatic rings. The standard InChI is InChI=1S/C21H31N7O2/c1-3-4-5-9-21(29)24-19-8-6-7-16(23-19)10-15-20-25-26-27-28(20)17-11-13-18(14-12-17)30-22-2/h6-8,17-18H,2-5,9-15H2,1H3,(H,23,24,29). The second-order valence-corrected chi connectivity index (χ2v) is 7.72. The van der Waals surface area contributed by atoms with E-state index in [1.807, 2.05) is 22.9 Å². The van der Waals surface area contributed by atoms with Gasteiger partial charge in [0.15, 0.2) is 5.82 Å². The van der Waals surface area contributed by atoms with Crippen molar-refractivity contribution in [3.8, 4) is 0 Å². The van der Waals surface area contributed by atoms with Crippen LogP contribution in [0, 0.1) is 0 Å². The van der Waals surface area contributed by atoms with Crippen molar-refractivity contribution < 1.29 is 9.63 Å². The van der Waals surface area contributed by atoms with Crippen molar-refractivity contribution in [1.82, 2.24) is 25.2 Å². The molecule has 9 nitrogen and oxygen atoms in total. The van der Waals surface area contributed by atoms with Gasteiger partial charge in [0.2, 0.25) is 5.91 Å². The number of unbranched alkanes of at least 4 members (excludes halogenated alkanes) is 2. The maximum Gasteiger partial charge on any atom is 0.225 e. The van der Waals surface area contributed by atoms with Gasteiger partial charge in [-0.05, 0) is 61.1 Å². The molecule has 0 saturated heterocycles. The Morgan fingerprint density at radius 3 is 2.87 bits per heavy atom. The van der Waals surface area contributed by atoms with E-state index in [0.29, 0.717) is 25.1 Å². The number of carbonyl (C=O) groups excluding carboxylic acids is 1. The summed E-state index contributed by atoms with van der Waals surface area (Å²) >= 11 is 0. The van der Waals surface area contributed by atoms with Crippen LogP contribution >= 0.6 is 0 Å². The molecule has 162 valence electrons. The Hall–Kier alpha value is -2.84. The number of pyridine rings is 1. The van der Waals surface area contributed by atoms with Crippen molar-refractivity contribution >= 4 is 18.4 Å². The molecule has 0 bridgehead atoms. The predicted molar refractivity (Wildman–Crippen MR) is 114 cm³/mol. The van der Waals surface area contributed by atoms with Gasteiger partial charge in [0.05, 0.1) is 6.04 Å². The van der Waals surface area contributed by atoms with Gasteiger partial charge in [0, 0.05) is 25.3 Å². The zero-order valence-electron chi connectivity index (χ0n) is 17.7. The molecule has 0 spiro atoms. The molecule has 1 fully saturated rings. The first-order valence-corrected chi connectivity index (χ1v) is 10.8. The van der Waals surface area contributed by atoms with E-state index in [-0.39, 0.29) is 18.1 Å². The molecule has 0 aromatic carbocycles. The Bertz CT molecular complexity index is 815. The zero-order valence-corrected chi connectivity index (χ0v) is 17.7. The highest BCUT2D eigenvalue weighted by molar-refractivity contribution is 5.89. The third kappa shape index (κ3) is 6.33. The predicted octanol–water partition coefficient (Wildman–Crippen LogP) is 3.49. The van der Waals surface area contributed by atoms with Crippen LogP contribution in [-0.2, 0) is 22.5 Å². The summed E-state index contributed by atoms with van der Waals surface area (Å²) in [4.78, 5) is 21.9. The van der Waals surface area contributed by atoms with Crippen molar-refractivity contribution in [2.24, 2.45) is 5.16 Å². The quantitative estimate of drug-likeness (QED) is 0.343. The number of aryl methyl sites for hydroxylation is 2. The maximum absolute atomic E-state index is 12.0. The van der Waals surface area contributed by atoms with E-state index in [1.54, 1.807) is 0 Å². The van der Waals surface area contributed by atoms with Crippen LogP contribution in [0.4, 0.5) is 5.82 Å². The number of carbonyl (C=O) groups is 1. The Kier molecular flexibility index (Phi) is 8.29. The third-order valence-corrected chi connectivity index (χ3v) is 5.46. The van der Waals surface area contributed by atoms with Gasteiger partial charge in [-0.2, -0.15) is 0 Å². The van der Waals surface area contributed by atoms with Crippen molar-refractivity contribution in [2.75, 3.05) is 5.32 Å². The third-order valence-electron chi connectivity index (χ3n) is 5.46. The largest absolute Gasteiger partial charge is 0.393 e. The van der Waals surface area contributed by atoms with Crippen molar-refractivity contribution in [1.29, 1.82) is 0 Å². The van der Waals surface area contributed by atoms with Crippen LogP contribution in [0.25, 0.3) is 0 Å². The first-order valence-electron chi connectivity index (χ1n) is 10.8. The van der Waals surface area contributed by atoms with Gasteiger partial charge in [-0.1, -0.05) is 25.8 Å². The van der Waals surface area contributed by atoms with Crippen LogP contribution < -0.4 is 5.32 Å². The van der Waals surface area contributed by atoms with Crippen LogP contribution in [0.5, 0.6) is 0 Å². The van der Waals surface area contributed by atoms with E-state index >= 15 is 0 Å². The highest BCUT2D eigenvalue weighted by Crippen LogP contribution is 2.30. The summed E-state index contributed by atoms with van der Waals surface area (Å²) in [6.07, 6.45) is 8.89. The number of oxime groups is 1. The first-order chi connectivity index (χ1) is 14.7. The van der Waals surface area contributed by atoms with Crippen molar-refractivity contribution in [3.05, 3.63) is 29.7 Å². The van der Waals surface area contributed by atoms with Gasteiger partial charge >= 0.3 is 0 Å². The lowest BCUT2D eigenvalue weighted by Crippen LogP contribution is -2.24. The lowest BCUT2D eigenvalue weighted by Gasteiger charge is -2.27. The minimum absolute atomic E-state index is 0.0169. The average Bonchev–Trinajstić information content (AvgIpc) is 3.22. The SMILES string of the molecule is C=NOC1CCC(n2nnnc2CCc2cccc(NC(=O)CCCCC)n2)CC1. The summed E-state index contributed by atoms with van der Waals surface area (Å²) in [5.74, 6) is 1.48. The molecule has 2 aromatic rings. The van der Waals surface area contributed by atoms with Gasteiger partial charge in [-0.25, -0.2) is 9.67 Å². The maximum atomic E-state index is 12.0. The number of nitrogens with zero attached hydrogens (tertiary/aromatic N) is 6. The van der Waals surface area contributed by atoms with Crippen LogP contribution in [0.15, 0.2) is 23.4 Å². The molecule has 0 atom stereocenters. The first kappa shape index (κ1) is 21.9. The normalized spacial score (nSPS) is 18.7. The second-order valence-electron chi connectivity index (χ2n) is 7.72. The zero-order chi connectivity index (χ0) is 21.2. The number of nitrogens with one attached hydrogen (secondary N) is 1. The summed E-state index contributed by atoms with van der Waals surface area (Å²) in [6.45, 7) is 5.51. The molecule has 0 unspecified atom stereocenters. The Morgan fingerprint density at radius 2 is 2.10 bits per heavy atom. The molecule has 3 rings (SSSR count). The summed E-state index contributed by atoms with van der Waals surface area (Å²) < 4.78 is 1.94. The highest BCUT2D eigenvalue weighted by atomic mass is 16.6. The van der Waals surface area contributed by atoms with E-state index in [2.05, 4.69) is 44.6 Å². The number of rotatable bonds is 11. The highest BCUT2D eigenvalue weighted by Gasteiger charge is 2.26. The molecular weight excluding hydrogens is 382 g/mol. The van der Waals surface area contributed by atoms with Crippen LogP contribution in [0.2, 0.25) is 0 Å². The molecule has 0 radical (unpaired) electrons. The molecule has 0 aliphatic heterocycles. The van der Waals surface area contributed by atoms with Crippen LogP contribution in [0.1, 0.15) is 75.9 Å². The molecule has 2 heterocycles. The van der Waals surface area contributed by atoms with Crippen LogP contribution in [-0.4, -0.2) is 43.9 Å². The molecule has 1 amide bonds. The van der Waals surface area contributed by atoms with Crippen molar-refractivity contribution in [2.45, 2.75) is 83.3 Å². The smallest absolute Gasteiger partial charge is 0.225 e. The number of hydrogen-bond acceptors (Lipinski definition) is 7. The molecule has 2 aromatic heterocycles. The van der Waals surface area contributed by atoms with E-state index in [1.165, 1.54) is 0 Å². The number of amides is 1. The minimum Gasteiger partial charge on any atom is -0.393 e. The summed E-state index contributed by atoms with van der Waals surface area (Å²) in [6, 6.07) is 5.98. The molecule has 9 heteroatoms. The Balaban J connectivity index is 1.52. The fourth-order valence-electron chi connectivity index (χ4n) is 3.83. The topological polar surface area (TPSA) is 107 Å². The number of hydrogen-bond donors (Lipinski definition) is 1. The van der Waals surface area contributed by atoms with Gasteiger partial charge in [-0.3, -0.25) is 4.79 Å². The number of tetrazole rings is 1. The van der Waals surface area contributed by atoms with E-state index in [0.717, 1.165) is 56.5 Å². The molecule has 30 heavy (non-hydrogen) atoms. The lowest BCUT2D eigenvalue weighted by molar-refractivity contribution is -0.116. The van der Waals surface area contributed by atoms with E-state index in [4.69, 9.17) is 4.84 Å². The lowest BCUT2D eigenvalue weighted by atomic mass is 9.93. The molecule has 1 saturated carbocycles. The van der Waals surface area contributed by atoms with Gasteiger partial charge in [0.25, 0.3) is 0 Å². The van der Waals surface area contributed by atoms with E-state index in [9.17, 15) is 4.79 Å². The van der Waals surface area contributed by atoms with E-state index < -0.39 is 0 Å². The summed E-state index contributed by atoms with van der Waals surface area (Å²) in [5, 5.41) is 18.8. The Labute approximate surface area is 177 Å². The number of anilines is 1. The fraction of sp³-hybridized carbons (Fsp3) is 0.619. The molecule has 1 N–H and O–H groups in total. The monoisotopic (exact) mass is 413 g/mol. The van der Waals surface area contributed by atoms with Crippen molar-refractivity contribution in [3.63, 3.8) is 0 Å². The van der Waals surface area contributed by atoms with Gasteiger partial charge in [-0.15, -0.1) is 10.3 Å². The number of aromatic nitrogens is 5. The average molecular weight is 414 g/mol. The second kappa shape index (κ2) is 11.4. The summed E-state index contributed by atoms with van der Waals surface area (Å²) in [5.41, 5.74) is 0.907. The van der Waals surface area contributed by atoms with Gasteiger partial charge in [0.1, 0.15) is 11.9 Å². The fourth-order valence-corrected chi connectivity index (χ4v) is 3.83. The molecule has 1 aliphatic carbocycles.